The highest BCUT2D eigenvalue weighted by Crippen LogP contribution is 2.31. The van der Waals surface area contributed by atoms with E-state index in [1.54, 1.807) is 0 Å². The summed E-state index contributed by atoms with van der Waals surface area (Å²) in [7, 11) is 4.37. The lowest BCUT2D eigenvalue weighted by atomic mass is 9.83. The van der Waals surface area contributed by atoms with Crippen LogP contribution in [0.5, 0.6) is 0 Å². The maximum absolute atomic E-state index is 12.3. The van der Waals surface area contributed by atoms with Crippen LogP contribution in [0.1, 0.15) is 97.9 Å². The van der Waals surface area contributed by atoms with Crippen LogP contribution in [0.3, 0.4) is 0 Å². The SMILES string of the molecule is CC(C)n1cnc2c(NC3CCCC(NC(=O)OC(C)(C)C)C3)nc(CC3CCC(N(C)C)CC3)nc21. The summed E-state index contributed by atoms with van der Waals surface area (Å²) in [6.07, 6.45) is 11.2. The third kappa shape index (κ3) is 7.33. The number of carbonyl (C=O) groups excluding carboxylic acids is 1. The summed E-state index contributed by atoms with van der Waals surface area (Å²) in [5, 5.41) is 6.77. The number of amides is 1. The van der Waals surface area contributed by atoms with E-state index in [-0.39, 0.29) is 24.2 Å². The summed E-state index contributed by atoms with van der Waals surface area (Å²) in [5.41, 5.74) is 1.24. The Morgan fingerprint density at radius 3 is 2.46 bits per heavy atom. The first-order valence-corrected chi connectivity index (χ1v) is 14.1. The lowest BCUT2D eigenvalue weighted by Gasteiger charge is -2.32. The van der Waals surface area contributed by atoms with Crippen molar-refractivity contribution in [3.8, 4) is 0 Å². The molecular formula is C28H47N7O2. The van der Waals surface area contributed by atoms with Crippen LogP contribution in [0.15, 0.2) is 6.33 Å². The van der Waals surface area contributed by atoms with Crippen LogP contribution in [0, 0.1) is 5.92 Å². The van der Waals surface area contributed by atoms with Crippen LogP contribution in [0.4, 0.5) is 10.6 Å². The first-order valence-electron chi connectivity index (χ1n) is 14.1. The Balaban J connectivity index is 1.49. The van der Waals surface area contributed by atoms with Crippen molar-refractivity contribution < 1.29 is 9.53 Å². The van der Waals surface area contributed by atoms with Gasteiger partial charge in [0.1, 0.15) is 16.9 Å². The summed E-state index contributed by atoms with van der Waals surface area (Å²) in [4.78, 5) is 29.4. The smallest absolute Gasteiger partial charge is 0.407 e. The fourth-order valence-electron chi connectivity index (χ4n) is 5.77. The normalized spacial score (nSPS) is 25.0. The zero-order valence-corrected chi connectivity index (χ0v) is 23.9. The van der Waals surface area contributed by atoms with Gasteiger partial charge in [0, 0.05) is 30.6 Å². The van der Waals surface area contributed by atoms with Gasteiger partial charge in [-0.25, -0.2) is 19.7 Å². The van der Waals surface area contributed by atoms with Crippen LogP contribution in [0.2, 0.25) is 0 Å². The Labute approximate surface area is 222 Å². The monoisotopic (exact) mass is 513 g/mol. The lowest BCUT2D eigenvalue weighted by Crippen LogP contribution is -2.44. The molecule has 1 amide bonds. The van der Waals surface area contributed by atoms with E-state index in [4.69, 9.17) is 19.7 Å². The van der Waals surface area contributed by atoms with Gasteiger partial charge in [-0.3, -0.25) is 0 Å². The summed E-state index contributed by atoms with van der Waals surface area (Å²) < 4.78 is 7.62. The van der Waals surface area contributed by atoms with Crippen LogP contribution in [-0.2, 0) is 11.2 Å². The number of nitrogens with one attached hydrogen (secondary N) is 2. The van der Waals surface area contributed by atoms with Crippen molar-refractivity contribution in [1.82, 2.24) is 29.7 Å². The second-order valence-electron chi connectivity index (χ2n) is 12.6. The van der Waals surface area contributed by atoms with Gasteiger partial charge in [-0.2, -0.15) is 0 Å². The molecule has 0 spiro atoms. The minimum atomic E-state index is -0.500. The quantitative estimate of drug-likeness (QED) is 0.517. The second-order valence-corrected chi connectivity index (χ2v) is 12.6. The highest BCUT2D eigenvalue weighted by atomic mass is 16.6. The third-order valence-electron chi connectivity index (χ3n) is 7.78. The van der Waals surface area contributed by atoms with E-state index in [1.807, 2.05) is 27.1 Å². The predicted molar refractivity (Wildman–Crippen MR) is 148 cm³/mol. The Bertz CT molecular complexity index is 1050. The number of carbonyl (C=O) groups is 1. The molecular weight excluding hydrogens is 466 g/mol. The molecule has 0 radical (unpaired) electrons. The molecule has 0 bridgehead atoms. The molecule has 2 heterocycles. The van der Waals surface area contributed by atoms with E-state index >= 15 is 0 Å². The number of ether oxygens (including phenoxy) is 1. The van der Waals surface area contributed by atoms with Gasteiger partial charge in [0.25, 0.3) is 0 Å². The van der Waals surface area contributed by atoms with Gasteiger partial charge in [-0.15, -0.1) is 0 Å². The highest BCUT2D eigenvalue weighted by Gasteiger charge is 2.28. The van der Waals surface area contributed by atoms with Crippen LogP contribution < -0.4 is 10.6 Å². The fraction of sp³-hybridized carbons (Fsp3) is 0.786. The number of anilines is 1. The number of aromatic nitrogens is 4. The molecule has 9 nitrogen and oxygen atoms in total. The number of fused-ring (bicyclic) bond motifs is 1. The van der Waals surface area contributed by atoms with Crippen LogP contribution >= 0.6 is 0 Å². The Kier molecular flexibility index (Phi) is 8.61. The maximum atomic E-state index is 12.3. The maximum Gasteiger partial charge on any atom is 0.407 e. The van der Waals surface area contributed by atoms with Crippen molar-refractivity contribution in [2.24, 2.45) is 5.92 Å². The first kappa shape index (κ1) is 27.6. The minimum absolute atomic E-state index is 0.0815. The molecule has 206 valence electrons. The lowest BCUT2D eigenvalue weighted by molar-refractivity contribution is 0.0492. The zero-order valence-electron chi connectivity index (χ0n) is 23.9. The Hall–Kier alpha value is -2.42. The van der Waals surface area contributed by atoms with E-state index in [1.165, 1.54) is 25.7 Å². The molecule has 2 aliphatic carbocycles. The predicted octanol–water partition coefficient (Wildman–Crippen LogP) is 5.32. The summed E-state index contributed by atoms with van der Waals surface area (Å²) in [6, 6.07) is 1.25. The number of imidazole rings is 1. The minimum Gasteiger partial charge on any atom is -0.444 e. The van der Waals surface area contributed by atoms with Crippen molar-refractivity contribution in [3.63, 3.8) is 0 Å². The summed E-state index contributed by atoms with van der Waals surface area (Å²) in [5.74, 6) is 2.35. The Morgan fingerprint density at radius 1 is 1.11 bits per heavy atom. The van der Waals surface area contributed by atoms with Crippen LogP contribution in [-0.4, -0.2) is 68.3 Å². The van der Waals surface area contributed by atoms with Crippen molar-refractivity contribution in [1.29, 1.82) is 0 Å². The fourth-order valence-corrected chi connectivity index (χ4v) is 5.77. The molecule has 0 saturated heterocycles. The van der Waals surface area contributed by atoms with Gasteiger partial charge >= 0.3 is 6.09 Å². The van der Waals surface area contributed by atoms with E-state index < -0.39 is 5.60 Å². The highest BCUT2D eigenvalue weighted by molar-refractivity contribution is 5.83. The topological polar surface area (TPSA) is 97.2 Å². The van der Waals surface area contributed by atoms with Crippen molar-refractivity contribution in [3.05, 3.63) is 12.2 Å². The summed E-state index contributed by atoms with van der Waals surface area (Å²) in [6.45, 7) is 9.99. The zero-order chi connectivity index (χ0) is 26.7. The molecule has 37 heavy (non-hydrogen) atoms. The molecule has 4 rings (SSSR count). The van der Waals surface area contributed by atoms with Gasteiger partial charge in [0.2, 0.25) is 0 Å². The van der Waals surface area contributed by atoms with Crippen molar-refractivity contribution in [2.75, 3.05) is 19.4 Å². The van der Waals surface area contributed by atoms with E-state index in [0.717, 1.165) is 54.9 Å². The number of nitrogens with zero attached hydrogens (tertiary/aromatic N) is 5. The average Bonchev–Trinajstić information content (AvgIpc) is 3.23. The van der Waals surface area contributed by atoms with Gasteiger partial charge in [0.15, 0.2) is 11.5 Å². The van der Waals surface area contributed by atoms with Crippen LogP contribution in [0.25, 0.3) is 11.2 Å². The first-order chi connectivity index (χ1) is 17.5. The van der Waals surface area contributed by atoms with E-state index in [9.17, 15) is 4.79 Å². The molecule has 2 N–H and O–H groups in total. The van der Waals surface area contributed by atoms with Gasteiger partial charge in [-0.1, -0.05) is 0 Å². The molecule has 2 atom stereocenters. The molecule has 2 unspecified atom stereocenters. The van der Waals surface area contributed by atoms with Gasteiger partial charge < -0.3 is 24.8 Å². The number of hydrogen-bond donors (Lipinski definition) is 2. The van der Waals surface area contributed by atoms with E-state index in [0.29, 0.717) is 12.0 Å². The molecule has 2 aromatic rings. The molecule has 9 heteroatoms. The second kappa shape index (κ2) is 11.5. The van der Waals surface area contributed by atoms with Gasteiger partial charge in [0.05, 0.1) is 6.33 Å². The number of hydrogen-bond acceptors (Lipinski definition) is 7. The number of alkyl carbamates (subject to hydrolysis) is 1. The molecule has 2 saturated carbocycles. The standard InChI is InChI=1S/C28H47N7O2/c1-18(2)35-17-29-24-25(30-20-9-8-10-21(16-20)31-27(36)37-28(3,4)5)32-23(33-26(24)35)15-19-11-13-22(14-12-19)34(6)7/h17-22H,8-16H2,1-7H3,(H,31,36)(H,30,32,33). The number of rotatable bonds is 7. The molecule has 2 aliphatic rings. The third-order valence-corrected chi connectivity index (χ3v) is 7.78. The molecule has 2 fully saturated rings. The Morgan fingerprint density at radius 2 is 1.81 bits per heavy atom. The largest absolute Gasteiger partial charge is 0.444 e. The van der Waals surface area contributed by atoms with Gasteiger partial charge in [-0.05, 0) is 106 Å². The molecule has 2 aromatic heterocycles. The average molecular weight is 514 g/mol. The van der Waals surface area contributed by atoms with E-state index in [2.05, 4.69) is 48.0 Å². The van der Waals surface area contributed by atoms with Crippen molar-refractivity contribution in [2.45, 2.75) is 122 Å². The summed E-state index contributed by atoms with van der Waals surface area (Å²) >= 11 is 0. The molecule has 0 aromatic carbocycles. The van der Waals surface area contributed by atoms with Crippen molar-refractivity contribution >= 4 is 23.1 Å². The molecule has 0 aliphatic heterocycles.